The van der Waals surface area contributed by atoms with Gasteiger partial charge in [-0.05, 0) is 12.5 Å². The fraction of sp³-hybridized carbons (Fsp3) is 0.706. The number of nitrogens with zero attached hydrogens (tertiary/aromatic N) is 1. The molecule has 0 bridgehead atoms. The Morgan fingerprint density at radius 2 is 1.75 bits per heavy atom. The highest BCUT2D eigenvalue weighted by Crippen LogP contribution is 2.27. The van der Waals surface area contributed by atoms with Crippen molar-refractivity contribution in [1.82, 2.24) is 4.98 Å². The number of pyridine rings is 1. The van der Waals surface area contributed by atoms with Crippen LogP contribution >= 0.6 is 0 Å². The fourth-order valence-corrected chi connectivity index (χ4v) is 2.46. The van der Waals surface area contributed by atoms with E-state index < -0.39 is 6.10 Å². The van der Waals surface area contributed by atoms with Crippen LogP contribution in [0.25, 0.3) is 0 Å². The van der Waals surface area contributed by atoms with Gasteiger partial charge in [-0.15, -0.1) is 0 Å². The predicted molar refractivity (Wildman–Crippen MR) is 83.0 cm³/mol. The minimum Gasteiger partial charge on any atom is -0.495 e. The molecule has 1 rings (SSSR count). The first-order chi connectivity index (χ1) is 9.79. The van der Waals surface area contributed by atoms with E-state index in [2.05, 4.69) is 11.9 Å². The lowest BCUT2D eigenvalue weighted by Crippen LogP contribution is -2.01. The summed E-state index contributed by atoms with van der Waals surface area (Å²) in [4.78, 5) is 4.01. The van der Waals surface area contributed by atoms with Crippen molar-refractivity contribution in [3.05, 3.63) is 24.0 Å². The minimum absolute atomic E-state index is 0.437. The quantitative estimate of drug-likeness (QED) is 0.599. The molecule has 0 spiro atoms. The lowest BCUT2D eigenvalue weighted by Gasteiger charge is -2.14. The second-order valence-electron chi connectivity index (χ2n) is 5.40. The van der Waals surface area contributed by atoms with Gasteiger partial charge in [-0.1, -0.05) is 58.3 Å². The molecule has 0 amide bonds. The minimum atomic E-state index is -0.437. The van der Waals surface area contributed by atoms with Crippen LogP contribution in [0.3, 0.4) is 0 Å². The Bertz CT molecular complexity index is 355. The van der Waals surface area contributed by atoms with Crippen LogP contribution < -0.4 is 4.74 Å². The summed E-state index contributed by atoms with van der Waals surface area (Å²) in [6, 6.07) is 1.84. The molecule has 1 heterocycles. The molecule has 0 aliphatic carbocycles. The summed E-state index contributed by atoms with van der Waals surface area (Å²) < 4.78 is 5.23. The van der Waals surface area contributed by atoms with E-state index in [0.29, 0.717) is 5.75 Å². The van der Waals surface area contributed by atoms with Crippen molar-refractivity contribution >= 4 is 0 Å². The molecular weight excluding hydrogens is 250 g/mol. The van der Waals surface area contributed by atoms with Crippen molar-refractivity contribution < 1.29 is 9.84 Å². The molecule has 1 aromatic heterocycles. The van der Waals surface area contributed by atoms with Crippen LogP contribution in [0.4, 0.5) is 0 Å². The highest BCUT2D eigenvalue weighted by Gasteiger charge is 2.12. The first-order valence-electron chi connectivity index (χ1n) is 7.95. The Balaban J connectivity index is 2.15. The van der Waals surface area contributed by atoms with Gasteiger partial charge in [0.15, 0.2) is 0 Å². The molecule has 3 heteroatoms. The number of hydrogen-bond donors (Lipinski definition) is 1. The number of rotatable bonds is 11. The third-order valence-corrected chi connectivity index (χ3v) is 3.73. The molecule has 0 aliphatic rings. The van der Waals surface area contributed by atoms with Crippen molar-refractivity contribution in [2.75, 3.05) is 7.11 Å². The van der Waals surface area contributed by atoms with Crippen LogP contribution in [0.1, 0.15) is 76.4 Å². The number of aliphatic hydroxyl groups excluding tert-OH is 1. The molecule has 20 heavy (non-hydrogen) atoms. The van der Waals surface area contributed by atoms with Gasteiger partial charge in [0, 0.05) is 11.8 Å². The lowest BCUT2D eigenvalue weighted by molar-refractivity contribution is 0.159. The van der Waals surface area contributed by atoms with Crippen LogP contribution in [0.2, 0.25) is 0 Å². The van der Waals surface area contributed by atoms with E-state index in [-0.39, 0.29) is 0 Å². The number of hydrogen-bond acceptors (Lipinski definition) is 3. The fourth-order valence-electron chi connectivity index (χ4n) is 2.46. The van der Waals surface area contributed by atoms with Crippen LogP contribution in [0, 0.1) is 0 Å². The van der Waals surface area contributed by atoms with E-state index >= 15 is 0 Å². The molecule has 1 aromatic rings. The van der Waals surface area contributed by atoms with Gasteiger partial charge in [-0.25, -0.2) is 0 Å². The summed E-state index contributed by atoms with van der Waals surface area (Å²) in [5.74, 6) is 0.680. The number of methoxy groups -OCH3 is 1. The Kier molecular flexibility index (Phi) is 9.05. The van der Waals surface area contributed by atoms with Gasteiger partial charge in [0.25, 0.3) is 0 Å². The Morgan fingerprint density at radius 1 is 1.10 bits per heavy atom. The molecule has 1 unspecified atom stereocenters. The molecule has 3 nitrogen and oxygen atoms in total. The van der Waals surface area contributed by atoms with E-state index in [9.17, 15) is 5.11 Å². The van der Waals surface area contributed by atoms with Gasteiger partial charge in [-0.2, -0.15) is 0 Å². The van der Waals surface area contributed by atoms with Gasteiger partial charge < -0.3 is 9.84 Å². The van der Waals surface area contributed by atoms with Crippen LogP contribution in [0.5, 0.6) is 5.75 Å². The molecule has 1 N–H and O–H groups in total. The van der Waals surface area contributed by atoms with Crippen LogP contribution in [0.15, 0.2) is 18.5 Å². The van der Waals surface area contributed by atoms with Crippen molar-refractivity contribution in [2.45, 2.75) is 70.8 Å². The lowest BCUT2D eigenvalue weighted by atomic mass is 10.0. The van der Waals surface area contributed by atoms with Gasteiger partial charge in [0.05, 0.1) is 19.4 Å². The third kappa shape index (κ3) is 6.38. The van der Waals surface area contributed by atoms with Gasteiger partial charge in [0.2, 0.25) is 0 Å². The summed E-state index contributed by atoms with van der Waals surface area (Å²) in [6.07, 6.45) is 14.0. The van der Waals surface area contributed by atoms with Gasteiger partial charge in [-0.3, -0.25) is 4.98 Å². The van der Waals surface area contributed by atoms with Crippen LogP contribution in [-0.4, -0.2) is 17.2 Å². The van der Waals surface area contributed by atoms with Gasteiger partial charge in [0.1, 0.15) is 5.75 Å². The molecule has 0 aromatic carbocycles. The maximum atomic E-state index is 10.2. The maximum Gasteiger partial charge on any atom is 0.142 e. The Morgan fingerprint density at radius 3 is 2.40 bits per heavy atom. The normalized spacial score (nSPS) is 12.3. The van der Waals surface area contributed by atoms with Crippen LogP contribution in [-0.2, 0) is 0 Å². The largest absolute Gasteiger partial charge is 0.495 e. The summed E-state index contributed by atoms with van der Waals surface area (Å²) in [7, 11) is 1.61. The van der Waals surface area contributed by atoms with E-state index in [1.165, 1.54) is 44.9 Å². The third-order valence-electron chi connectivity index (χ3n) is 3.73. The average molecular weight is 279 g/mol. The zero-order chi connectivity index (χ0) is 14.6. The first-order valence-corrected chi connectivity index (χ1v) is 7.95. The molecular formula is C17H29NO2. The Hall–Kier alpha value is -1.09. The number of aliphatic hydroxyl groups is 1. The summed E-state index contributed by atoms with van der Waals surface area (Å²) in [5, 5.41) is 10.2. The molecule has 0 saturated heterocycles. The molecule has 0 radical (unpaired) electrons. The highest BCUT2D eigenvalue weighted by molar-refractivity contribution is 5.31. The molecule has 0 fully saturated rings. The van der Waals surface area contributed by atoms with Crippen molar-refractivity contribution in [3.63, 3.8) is 0 Å². The maximum absolute atomic E-state index is 10.2. The highest BCUT2D eigenvalue weighted by atomic mass is 16.5. The second kappa shape index (κ2) is 10.7. The molecule has 0 saturated carbocycles. The standard InChI is InChI=1S/C17H29NO2/c1-3-4-5-6-7-8-9-10-11-16(19)15-12-13-18-14-17(15)20-2/h12-14,16,19H,3-11H2,1-2H3. The molecule has 0 aliphatic heterocycles. The first kappa shape index (κ1) is 17.0. The topological polar surface area (TPSA) is 42.4 Å². The summed E-state index contributed by atoms with van der Waals surface area (Å²) >= 11 is 0. The molecule has 1 atom stereocenters. The van der Waals surface area contributed by atoms with Gasteiger partial charge >= 0.3 is 0 Å². The zero-order valence-corrected chi connectivity index (χ0v) is 13.0. The average Bonchev–Trinajstić information content (AvgIpc) is 2.49. The van der Waals surface area contributed by atoms with E-state index in [1.54, 1.807) is 19.5 Å². The SMILES string of the molecule is CCCCCCCCCCC(O)c1ccncc1OC. The summed E-state index contributed by atoms with van der Waals surface area (Å²) in [5.41, 5.74) is 0.852. The van der Waals surface area contributed by atoms with Crippen molar-refractivity contribution in [2.24, 2.45) is 0 Å². The smallest absolute Gasteiger partial charge is 0.142 e. The van der Waals surface area contributed by atoms with E-state index in [1.807, 2.05) is 6.07 Å². The predicted octanol–water partition coefficient (Wildman–Crippen LogP) is 4.65. The molecule has 114 valence electrons. The number of ether oxygens (including phenoxy) is 1. The van der Waals surface area contributed by atoms with E-state index in [0.717, 1.165) is 18.4 Å². The van der Waals surface area contributed by atoms with E-state index in [4.69, 9.17) is 4.74 Å². The number of unbranched alkanes of at least 4 members (excludes halogenated alkanes) is 7. The second-order valence-corrected chi connectivity index (χ2v) is 5.40. The zero-order valence-electron chi connectivity index (χ0n) is 13.0. The van der Waals surface area contributed by atoms with Crippen molar-refractivity contribution in [1.29, 1.82) is 0 Å². The number of aromatic nitrogens is 1. The summed E-state index contributed by atoms with van der Waals surface area (Å²) in [6.45, 7) is 2.24. The van der Waals surface area contributed by atoms with Crippen molar-refractivity contribution in [3.8, 4) is 5.75 Å². The monoisotopic (exact) mass is 279 g/mol. The Labute approximate surface area is 123 Å².